The summed E-state index contributed by atoms with van der Waals surface area (Å²) in [5.41, 5.74) is -0.295. The maximum atomic E-state index is 11.6. The summed E-state index contributed by atoms with van der Waals surface area (Å²) in [4.78, 5) is 22.7. The number of Topliss-reactive ketones (excluding diaryl/α,β-unsaturated/α-hetero) is 1. The van der Waals surface area contributed by atoms with E-state index in [1.165, 1.54) is 0 Å². The number of amides is 1. The number of ether oxygens (including phenoxy) is 2. The average Bonchev–Trinajstić information content (AvgIpc) is 2.35. The number of rotatable bonds is 11. The molecule has 0 fully saturated rings. The molecular formula is C15H29NO4. The normalized spacial score (nSPS) is 11.4. The van der Waals surface area contributed by atoms with Crippen molar-refractivity contribution in [2.75, 3.05) is 33.0 Å². The zero-order valence-corrected chi connectivity index (χ0v) is 13.3. The molecule has 0 aromatic heterocycles. The SMILES string of the molecule is CCCC(=O)NCCOCCOCCC(=O)C(C)(C)C. The molecule has 0 heterocycles. The minimum atomic E-state index is -0.295. The lowest BCUT2D eigenvalue weighted by Gasteiger charge is -2.16. The van der Waals surface area contributed by atoms with Gasteiger partial charge in [0.1, 0.15) is 5.78 Å². The highest BCUT2D eigenvalue weighted by molar-refractivity contribution is 5.83. The molecule has 0 rings (SSSR count). The quantitative estimate of drug-likeness (QED) is 0.590. The van der Waals surface area contributed by atoms with Crippen molar-refractivity contribution in [2.24, 2.45) is 5.41 Å². The molecule has 0 bridgehead atoms. The Bertz CT molecular complexity index is 284. The van der Waals surface area contributed by atoms with Crippen LogP contribution >= 0.6 is 0 Å². The van der Waals surface area contributed by atoms with E-state index < -0.39 is 0 Å². The molecule has 5 heteroatoms. The fourth-order valence-electron chi connectivity index (χ4n) is 1.44. The summed E-state index contributed by atoms with van der Waals surface area (Å²) in [7, 11) is 0. The molecule has 0 spiro atoms. The van der Waals surface area contributed by atoms with Gasteiger partial charge < -0.3 is 14.8 Å². The van der Waals surface area contributed by atoms with E-state index in [2.05, 4.69) is 5.32 Å². The smallest absolute Gasteiger partial charge is 0.220 e. The van der Waals surface area contributed by atoms with E-state index in [1.54, 1.807) is 0 Å². The van der Waals surface area contributed by atoms with Gasteiger partial charge in [-0.25, -0.2) is 0 Å². The number of carbonyl (C=O) groups is 2. The minimum Gasteiger partial charge on any atom is -0.379 e. The van der Waals surface area contributed by atoms with Crippen molar-refractivity contribution in [3.8, 4) is 0 Å². The van der Waals surface area contributed by atoms with Gasteiger partial charge in [-0.15, -0.1) is 0 Å². The van der Waals surface area contributed by atoms with Crippen molar-refractivity contribution in [1.82, 2.24) is 5.32 Å². The van der Waals surface area contributed by atoms with Gasteiger partial charge in [0.2, 0.25) is 5.91 Å². The van der Waals surface area contributed by atoms with Crippen molar-refractivity contribution in [2.45, 2.75) is 47.0 Å². The first-order chi connectivity index (χ1) is 9.38. The standard InChI is InChI=1S/C15H29NO4/c1-5-6-14(18)16-8-10-20-12-11-19-9-7-13(17)15(2,3)4/h5-12H2,1-4H3,(H,16,18). The summed E-state index contributed by atoms with van der Waals surface area (Å²) < 4.78 is 10.6. The maximum absolute atomic E-state index is 11.6. The van der Waals surface area contributed by atoms with Gasteiger partial charge in [0, 0.05) is 24.8 Å². The number of carbonyl (C=O) groups excluding carboxylic acids is 2. The van der Waals surface area contributed by atoms with Gasteiger partial charge in [-0.2, -0.15) is 0 Å². The first-order valence-electron chi connectivity index (χ1n) is 7.33. The highest BCUT2D eigenvalue weighted by Gasteiger charge is 2.20. The van der Waals surface area contributed by atoms with Crippen molar-refractivity contribution < 1.29 is 19.1 Å². The van der Waals surface area contributed by atoms with Crippen LogP contribution in [0.25, 0.3) is 0 Å². The third kappa shape index (κ3) is 10.9. The lowest BCUT2D eigenvalue weighted by atomic mass is 9.89. The molecule has 1 amide bonds. The molecule has 0 aliphatic carbocycles. The van der Waals surface area contributed by atoms with Crippen molar-refractivity contribution in [3.05, 3.63) is 0 Å². The van der Waals surface area contributed by atoms with Crippen LogP contribution in [-0.2, 0) is 19.1 Å². The summed E-state index contributed by atoms with van der Waals surface area (Å²) in [5, 5.41) is 2.77. The van der Waals surface area contributed by atoms with Crippen LogP contribution in [0.5, 0.6) is 0 Å². The number of ketones is 1. The summed E-state index contributed by atoms with van der Waals surface area (Å²) in [5.74, 6) is 0.269. The molecule has 0 unspecified atom stereocenters. The van der Waals surface area contributed by atoms with E-state index >= 15 is 0 Å². The van der Waals surface area contributed by atoms with Crippen LogP contribution in [0.2, 0.25) is 0 Å². The Morgan fingerprint density at radius 2 is 1.55 bits per heavy atom. The van der Waals surface area contributed by atoms with Crippen LogP contribution < -0.4 is 5.32 Å². The predicted molar refractivity (Wildman–Crippen MR) is 78.6 cm³/mol. The van der Waals surface area contributed by atoms with E-state index in [-0.39, 0.29) is 17.1 Å². The largest absolute Gasteiger partial charge is 0.379 e. The topological polar surface area (TPSA) is 64.6 Å². The Labute approximate surface area is 122 Å². The Morgan fingerprint density at radius 1 is 0.950 bits per heavy atom. The second-order valence-electron chi connectivity index (χ2n) is 5.75. The first-order valence-corrected chi connectivity index (χ1v) is 7.33. The van der Waals surface area contributed by atoms with Crippen molar-refractivity contribution >= 4 is 11.7 Å². The Balaban J connectivity index is 3.29. The summed E-state index contributed by atoms with van der Waals surface area (Å²) >= 11 is 0. The molecule has 0 saturated carbocycles. The van der Waals surface area contributed by atoms with Gasteiger partial charge in [0.25, 0.3) is 0 Å². The van der Waals surface area contributed by atoms with E-state index in [9.17, 15) is 9.59 Å². The zero-order chi connectivity index (χ0) is 15.4. The van der Waals surface area contributed by atoms with Gasteiger partial charge in [-0.05, 0) is 6.42 Å². The summed E-state index contributed by atoms with van der Waals surface area (Å²) in [6.45, 7) is 10.1. The molecule has 0 aromatic carbocycles. The molecule has 1 N–H and O–H groups in total. The molecule has 0 aliphatic heterocycles. The number of hydrogen-bond donors (Lipinski definition) is 1. The van der Waals surface area contributed by atoms with Gasteiger partial charge >= 0.3 is 0 Å². The van der Waals surface area contributed by atoms with Crippen LogP contribution in [-0.4, -0.2) is 44.7 Å². The first kappa shape index (κ1) is 19.1. The fourth-order valence-corrected chi connectivity index (χ4v) is 1.44. The lowest BCUT2D eigenvalue weighted by molar-refractivity contribution is -0.127. The Hall–Kier alpha value is -0.940. The molecule has 0 aliphatic rings. The van der Waals surface area contributed by atoms with E-state index in [4.69, 9.17) is 9.47 Å². The highest BCUT2D eigenvalue weighted by Crippen LogP contribution is 2.16. The van der Waals surface area contributed by atoms with Crippen LogP contribution in [0.4, 0.5) is 0 Å². The van der Waals surface area contributed by atoms with Gasteiger partial charge in [-0.1, -0.05) is 27.7 Å². The van der Waals surface area contributed by atoms with Crippen molar-refractivity contribution in [1.29, 1.82) is 0 Å². The summed E-state index contributed by atoms with van der Waals surface area (Å²) in [6.07, 6.45) is 1.86. The molecule has 20 heavy (non-hydrogen) atoms. The second-order valence-corrected chi connectivity index (χ2v) is 5.75. The average molecular weight is 287 g/mol. The fraction of sp³-hybridized carbons (Fsp3) is 0.867. The highest BCUT2D eigenvalue weighted by atomic mass is 16.5. The second kappa shape index (κ2) is 10.8. The molecular weight excluding hydrogens is 258 g/mol. The molecule has 0 radical (unpaired) electrons. The van der Waals surface area contributed by atoms with Gasteiger partial charge in [-0.3, -0.25) is 9.59 Å². The van der Waals surface area contributed by atoms with Crippen LogP contribution in [0.3, 0.4) is 0 Å². The van der Waals surface area contributed by atoms with E-state index in [0.717, 1.165) is 6.42 Å². The van der Waals surface area contributed by atoms with Crippen LogP contribution in [0, 0.1) is 5.41 Å². The lowest BCUT2D eigenvalue weighted by Crippen LogP contribution is -2.27. The zero-order valence-electron chi connectivity index (χ0n) is 13.3. The van der Waals surface area contributed by atoms with Gasteiger partial charge in [0.15, 0.2) is 0 Å². The number of hydrogen-bond acceptors (Lipinski definition) is 4. The molecule has 0 atom stereocenters. The Kier molecular flexibility index (Phi) is 10.3. The molecule has 0 saturated heterocycles. The molecule has 118 valence electrons. The van der Waals surface area contributed by atoms with Crippen LogP contribution in [0.15, 0.2) is 0 Å². The number of nitrogens with one attached hydrogen (secondary N) is 1. The van der Waals surface area contributed by atoms with E-state index in [0.29, 0.717) is 45.8 Å². The van der Waals surface area contributed by atoms with Crippen LogP contribution in [0.1, 0.15) is 47.0 Å². The predicted octanol–water partition coefficient (Wildman–Crippen LogP) is 1.94. The Morgan fingerprint density at radius 3 is 2.10 bits per heavy atom. The summed E-state index contributed by atoms with van der Waals surface area (Å²) in [6, 6.07) is 0. The third-order valence-corrected chi connectivity index (χ3v) is 2.73. The molecule has 5 nitrogen and oxygen atoms in total. The third-order valence-electron chi connectivity index (χ3n) is 2.73. The molecule has 0 aromatic rings. The monoisotopic (exact) mass is 287 g/mol. The van der Waals surface area contributed by atoms with E-state index in [1.807, 2.05) is 27.7 Å². The van der Waals surface area contributed by atoms with Gasteiger partial charge in [0.05, 0.1) is 26.4 Å². The minimum absolute atomic E-state index is 0.0630. The van der Waals surface area contributed by atoms with Crippen molar-refractivity contribution in [3.63, 3.8) is 0 Å². The maximum Gasteiger partial charge on any atom is 0.220 e.